The average Bonchev–Trinajstić information content (AvgIpc) is 2.89. The molecule has 1 atom stereocenters. The average molecular weight is 499 g/mol. The van der Waals surface area contributed by atoms with Crippen LogP contribution in [0.25, 0.3) is 0 Å². The van der Waals surface area contributed by atoms with Crippen molar-refractivity contribution in [2.75, 3.05) is 40.3 Å². The van der Waals surface area contributed by atoms with Gasteiger partial charge in [0.2, 0.25) is 0 Å². The maximum atomic E-state index is 13.4. The van der Waals surface area contributed by atoms with Gasteiger partial charge in [-0.2, -0.15) is 0 Å². The summed E-state index contributed by atoms with van der Waals surface area (Å²) < 4.78 is 20.8. The lowest BCUT2D eigenvalue weighted by atomic mass is 9.96. The first kappa shape index (κ1) is 25.9. The Morgan fingerprint density at radius 3 is 2.14 bits per heavy atom. The maximum Gasteiger partial charge on any atom is 0.319 e. The number of amides is 1. The Labute approximate surface area is 209 Å². The summed E-state index contributed by atoms with van der Waals surface area (Å²) >= 11 is 6.29. The molecule has 0 heterocycles. The molecule has 0 unspecified atom stereocenters. The summed E-state index contributed by atoms with van der Waals surface area (Å²) in [5.41, 5.74) is 2.30. The zero-order valence-electron chi connectivity index (χ0n) is 19.9. The van der Waals surface area contributed by atoms with Crippen LogP contribution in [0.2, 0.25) is 5.02 Å². The summed E-state index contributed by atoms with van der Waals surface area (Å²) in [4.78, 5) is 25.2. The summed E-state index contributed by atoms with van der Waals surface area (Å²) in [5, 5.41) is 6.56. The smallest absolute Gasteiger partial charge is 0.319 e. The van der Waals surface area contributed by atoms with Crippen molar-refractivity contribution in [1.82, 2.24) is 5.32 Å². The topological polar surface area (TPSA) is 95.1 Å². The molecule has 0 saturated heterocycles. The Hall–Kier alpha value is -3.75. The minimum Gasteiger partial charge on any atom is -0.496 e. The van der Waals surface area contributed by atoms with Gasteiger partial charge in [-0.25, -0.2) is 0 Å². The number of hydrogen-bond donors (Lipinski definition) is 2. The predicted molar refractivity (Wildman–Crippen MR) is 134 cm³/mol. The van der Waals surface area contributed by atoms with E-state index < -0.39 is 17.9 Å². The van der Waals surface area contributed by atoms with E-state index in [1.54, 1.807) is 30.3 Å². The van der Waals surface area contributed by atoms with E-state index in [4.69, 9.17) is 30.5 Å². The van der Waals surface area contributed by atoms with Crippen LogP contribution in [0, 0.1) is 0 Å². The van der Waals surface area contributed by atoms with Crippen LogP contribution in [-0.4, -0.2) is 46.9 Å². The number of methoxy groups -OCH3 is 4. The minimum atomic E-state index is -0.439. The molecule has 0 aliphatic heterocycles. The van der Waals surface area contributed by atoms with E-state index in [1.807, 2.05) is 30.3 Å². The summed E-state index contributed by atoms with van der Waals surface area (Å²) in [7, 11) is 5.77. The number of carbonyl (C=O) groups is 2. The second kappa shape index (κ2) is 12.1. The van der Waals surface area contributed by atoms with Crippen molar-refractivity contribution < 1.29 is 28.5 Å². The SMILES string of the molecule is COC(=O)CN[C@H](c1ccccc1)c1ccc(Cl)cc1NC(=O)c1cc(OC)c(OC)cc1OC. The molecule has 0 radical (unpaired) electrons. The van der Waals surface area contributed by atoms with Gasteiger partial charge in [-0.15, -0.1) is 0 Å². The van der Waals surface area contributed by atoms with Gasteiger partial charge in [0.05, 0.1) is 46.6 Å². The molecule has 3 aromatic carbocycles. The van der Waals surface area contributed by atoms with Crippen molar-refractivity contribution in [3.8, 4) is 17.2 Å². The van der Waals surface area contributed by atoms with Crippen LogP contribution in [0.5, 0.6) is 17.2 Å². The molecule has 0 aromatic heterocycles. The highest BCUT2D eigenvalue weighted by molar-refractivity contribution is 6.31. The maximum absolute atomic E-state index is 13.4. The lowest BCUT2D eigenvalue weighted by Crippen LogP contribution is -2.30. The lowest BCUT2D eigenvalue weighted by molar-refractivity contribution is -0.139. The van der Waals surface area contributed by atoms with Crippen LogP contribution >= 0.6 is 11.6 Å². The van der Waals surface area contributed by atoms with Crippen molar-refractivity contribution in [3.63, 3.8) is 0 Å². The third-order valence-electron chi connectivity index (χ3n) is 5.34. The Morgan fingerprint density at radius 1 is 0.857 bits per heavy atom. The fourth-order valence-electron chi connectivity index (χ4n) is 3.60. The molecule has 184 valence electrons. The van der Waals surface area contributed by atoms with Gasteiger partial charge in [0.25, 0.3) is 5.91 Å². The lowest BCUT2D eigenvalue weighted by Gasteiger charge is -2.23. The zero-order chi connectivity index (χ0) is 25.4. The van der Waals surface area contributed by atoms with Crippen molar-refractivity contribution >= 4 is 29.2 Å². The molecule has 35 heavy (non-hydrogen) atoms. The molecule has 8 nitrogen and oxygen atoms in total. The van der Waals surface area contributed by atoms with Gasteiger partial charge in [0.1, 0.15) is 5.75 Å². The molecular weight excluding hydrogens is 472 g/mol. The van der Waals surface area contributed by atoms with E-state index >= 15 is 0 Å². The monoisotopic (exact) mass is 498 g/mol. The van der Waals surface area contributed by atoms with Crippen LogP contribution < -0.4 is 24.8 Å². The number of ether oxygens (including phenoxy) is 4. The molecule has 0 bridgehead atoms. The molecule has 0 saturated carbocycles. The van der Waals surface area contributed by atoms with Gasteiger partial charge in [-0.05, 0) is 23.3 Å². The quantitative estimate of drug-likeness (QED) is 0.398. The summed E-state index contributed by atoms with van der Waals surface area (Å²) in [6.45, 7) is -0.0322. The van der Waals surface area contributed by atoms with E-state index in [9.17, 15) is 9.59 Å². The summed E-state index contributed by atoms with van der Waals surface area (Å²) in [6.07, 6.45) is 0. The molecule has 0 spiro atoms. The van der Waals surface area contributed by atoms with Gasteiger partial charge in [0, 0.05) is 22.8 Å². The first-order valence-corrected chi connectivity index (χ1v) is 11.1. The highest BCUT2D eigenvalue weighted by atomic mass is 35.5. The van der Waals surface area contributed by atoms with Gasteiger partial charge in [0.15, 0.2) is 11.5 Å². The van der Waals surface area contributed by atoms with Crippen LogP contribution in [0.1, 0.15) is 27.5 Å². The minimum absolute atomic E-state index is 0.0322. The van der Waals surface area contributed by atoms with E-state index in [2.05, 4.69) is 10.6 Å². The van der Waals surface area contributed by atoms with Crippen LogP contribution in [0.15, 0.2) is 60.7 Å². The standard InChI is InChI=1S/C26H27ClN2O6/c1-32-21-14-23(34-3)22(33-2)13-19(21)26(31)29-20-12-17(27)10-11-18(20)25(28-15-24(30)35-4)16-8-6-5-7-9-16/h5-14,25,28H,15H2,1-4H3,(H,29,31)/t25-/m1/s1. The number of halogens is 1. The van der Waals surface area contributed by atoms with Gasteiger partial charge in [-0.3, -0.25) is 14.9 Å². The Balaban J connectivity index is 2.03. The van der Waals surface area contributed by atoms with Crippen LogP contribution in [-0.2, 0) is 9.53 Å². The number of carbonyl (C=O) groups excluding carboxylic acids is 2. The normalized spacial score (nSPS) is 11.3. The fourth-order valence-corrected chi connectivity index (χ4v) is 3.77. The van der Waals surface area contributed by atoms with Crippen molar-refractivity contribution in [2.45, 2.75) is 6.04 Å². The molecule has 1 amide bonds. The molecule has 3 rings (SSSR count). The molecule has 9 heteroatoms. The second-order valence-corrected chi connectivity index (χ2v) is 7.83. The van der Waals surface area contributed by atoms with Crippen LogP contribution in [0.3, 0.4) is 0 Å². The highest BCUT2D eigenvalue weighted by Crippen LogP contribution is 2.36. The van der Waals surface area contributed by atoms with Crippen molar-refractivity contribution in [3.05, 3.63) is 82.4 Å². The Kier molecular flexibility index (Phi) is 8.94. The largest absolute Gasteiger partial charge is 0.496 e. The molecular formula is C26H27ClN2O6. The number of esters is 1. The van der Waals surface area contributed by atoms with E-state index in [0.29, 0.717) is 33.5 Å². The zero-order valence-corrected chi connectivity index (χ0v) is 20.6. The van der Waals surface area contributed by atoms with Gasteiger partial charge < -0.3 is 24.3 Å². The first-order chi connectivity index (χ1) is 16.9. The van der Waals surface area contributed by atoms with E-state index in [1.165, 1.54) is 28.4 Å². The molecule has 0 aliphatic carbocycles. The predicted octanol–water partition coefficient (Wildman–Crippen LogP) is 4.47. The third kappa shape index (κ3) is 6.23. The Bertz CT molecular complexity index is 1190. The number of rotatable bonds is 10. The summed E-state index contributed by atoms with van der Waals surface area (Å²) in [6, 6.07) is 17.4. The molecule has 0 aliphatic rings. The highest BCUT2D eigenvalue weighted by Gasteiger charge is 2.23. The second-order valence-electron chi connectivity index (χ2n) is 7.39. The molecule has 2 N–H and O–H groups in total. The number of benzene rings is 3. The van der Waals surface area contributed by atoms with Crippen molar-refractivity contribution in [2.24, 2.45) is 0 Å². The Morgan fingerprint density at radius 2 is 1.51 bits per heavy atom. The number of hydrogen-bond acceptors (Lipinski definition) is 7. The van der Waals surface area contributed by atoms with Crippen LogP contribution in [0.4, 0.5) is 5.69 Å². The van der Waals surface area contributed by atoms with Gasteiger partial charge >= 0.3 is 5.97 Å². The third-order valence-corrected chi connectivity index (χ3v) is 5.57. The van der Waals surface area contributed by atoms with E-state index in [0.717, 1.165) is 5.56 Å². The first-order valence-electron chi connectivity index (χ1n) is 10.7. The summed E-state index contributed by atoms with van der Waals surface area (Å²) in [5.74, 6) is 0.269. The molecule has 3 aromatic rings. The number of nitrogens with one attached hydrogen (secondary N) is 2. The van der Waals surface area contributed by atoms with E-state index in [-0.39, 0.29) is 12.1 Å². The number of anilines is 1. The van der Waals surface area contributed by atoms with Crippen molar-refractivity contribution in [1.29, 1.82) is 0 Å². The fraction of sp³-hybridized carbons (Fsp3) is 0.231. The van der Waals surface area contributed by atoms with Gasteiger partial charge in [-0.1, -0.05) is 48.0 Å². The molecule has 0 fully saturated rings.